The third-order valence-corrected chi connectivity index (χ3v) is 5.83. The van der Waals surface area contributed by atoms with Gasteiger partial charge < -0.3 is 4.74 Å². The molecule has 2 aliphatic rings. The van der Waals surface area contributed by atoms with Crippen molar-refractivity contribution in [2.75, 3.05) is 6.61 Å². The van der Waals surface area contributed by atoms with Crippen LogP contribution in [0.1, 0.15) is 47.5 Å². The Morgan fingerprint density at radius 3 is 2.33 bits per heavy atom. The van der Waals surface area contributed by atoms with E-state index < -0.39 is 0 Å². The largest absolute Gasteiger partial charge is 0.465 e. The lowest BCUT2D eigenvalue weighted by molar-refractivity contribution is -0.153. The fraction of sp³-hybridized carbons (Fsp3) is 0.938. The molecule has 0 heterocycles. The molecule has 2 fully saturated rings. The third kappa shape index (κ3) is 2.44. The van der Waals surface area contributed by atoms with E-state index in [0.717, 1.165) is 18.3 Å². The molecule has 6 atom stereocenters. The van der Waals surface area contributed by atoms with Gasteiger partial charge >= 0.3 is 5.97 Å². The molecular weight excluding hydrogens is 224 g/mol. The number of hydrogen-bond donors (Lipinski definition) is 0. The minimum Gasteiger partial charge on any atom is -0.465 e. The molecule has 2 saturated carbocycles. The zero-order valence-corrected chi connectivity index (χ0v) is 12.5. The summed E-state index contributed by atoms with van der Waals surface area (Å²) in [7, 11) is 0. The van der Waals surface area contributed by atoms with Crippen molar-refractivity contribution in [3.63, 3.8) is 0 Å². The fourth-order valence-electron chi connectivity index (χ4n) is 3.72. The third-order valence-electron chi connectivity index (χ3n) is 5.83. The lowest BCUT2D eigenvalue weighted by Crippen LogP contribution is -2.32. The van der Waals surface area contributed by atoms with Gasteiger partial charge in [0.1, 0.15) is 0 Å². The van der Waals surface area contributed by atoms with Gasteiger partial charge in [0.15, 0.2) is 0 Å². The first kappa shape index (κ1) is 13.9. The van der Waals surface area contributed by atoms with Gasteiger partial charge in [-0.05, 0) is 48.3 Å². The van der Waals surface area contributed by atoms with Crippen LogP contribution < -0.4 is 0 Å². The molecule has 0 aliphatic heterocycles. The zero-order valence-electron chi connectivity index (χ0n) is 12.5. The predicted octanol–water partition coefficient (Wildman–Crippen LogP) is 3.75. The monoisotopic (exact) mass is 252 g/mol. The van der Waals surface area contributed by atoms with Crippen molar-refractivity contribution in [3.05, 3.63) is 0 Å². The lowest BCUT2D eigenvalue weighted by atomic mass is 9.76. The van der Waals surface area contributed by atoms with E-state index in [1.807, 2.05) is 0 Å². The molecular formula is C16H28O2. The Hall–Kier alpha value is -0.530. The minimum absolute atomic E-state index is 0.0775. The molecule has 2 bridgehead atoms. The zero-order chi connectivity index (χ0) is 13.4. The van der Waals surface area contributed by atoms with E-state index in [4.69, 9.17) is 4.74 Å². The number of rotatable bonds is 4. The molecule has 6 unspecified atom stereocenters. The van der Waals surface area contributed by atoms with E-state index in [2.05, 4.69) is 34.6 Å². The van der Waals surface area contributed by atoms with E-state index in [-0.39, 0.29) is 11.9 Å². The topological polar surface area (TPSA) is 26.3 Å². The van der Waals surface area contributed by atoms with Crippen LogP contribution in [0, 0.1) is 41.4 Å². The summed E-state index contributed by atoms with van der Waals surface area (Å²) in [4.78, 5) is 12.2. The number of ether oxygens (including phenoxy) is 1. The van der Waals surface area contributed by atoms with E-state index in [1.54, 1.807) is 0 Å². The summed E-state index contributed by atoms with van der Waals surface area (Å²) in [5.41, 5.74) is 0. The molecule has 0 aromatic heterocycles. The average molecular weight is 252 g/mol. The highest BCUT2D eigenvalue weighted by molar-refractivity contribution is 5.73. The quantitative estimate of drug-likeness (QED) is 0.712. The molecule has 0 radical (unpaired) electrons. The van der Waals surface area contributed by atoms with Crippen molar-refractivity contribution in [2.45, 2.75) is 47.5 Å². The van der Waals surface area contributed by atoms with Crippen molar-refractivity contribution in [1.82, 2.24) is 0 Å². The highest BCUT2D eigenvalue weighted by atomic mass is 16.5. The lowest BCUT2D eigenvalue weighted by Gasteiger charge is -2.30. The summed E-state index contributed by atoms with van der Waals surface area (Å²) in [6, 6.07) is 0. The summed E-state index contributed by atoms with van der Waals surface area (Å²) in [6.45, 7) is 11.8. The van der Waals surface area contributed by atoms with Gasteiger partial charge in [0, 0.05) is 0 Å². The summed E-state index contributed by atoms with van der Waals surface area (Å²) >= 11 is 0. The number of hydrogen-bond acceptors (Lipinski definition) is 2. The molecule has 2 heteroatoms. The second kappa shape index (κ2) is 5.22. The maximum Gasteiger partial charge on any atom is 0.309 e. The van der Waals surface area contributed by atoms with Gasteiger partial charge in [-0.15, -0.1) is 0 Å². The molecule has 0 N–H and O–H groups in total. The maximum absolute atomic E-state index is 12.2. The first-order valence-electron chi connectivity index (χ1n) is 7.58. The summed E-state index contributed by atoms with van der Waals surface area (Å²) in [6.07, 6.45) is 2.33. The van der Waals surface area contributed by atoms with Crippen LogP contribution in [-0.2, 0) is 9.53 Å². The minimum atomic E-state index is 0.0775. The maximum atomic E-state index is 12.2. The fourth-order valence-corrected chi connectivity index (χ4v) is 3.72. The van der Waals surface area contributed by atoms with E-state index in [1.165, 1.54) is 6.42 Å². The smallest absolute Gasteiger partial charge is 0.309 e. The normalized spacial score (nSPS) is 40.2. The average Bonchev–Trinajstić information content (AvgIpc) is 2.87. The molecule has 2 nitrogen and oxygen atoms in total. The summed E-state index contributed by atoms with van der Waals surface area (Å²) in [5, 5.41) is 0. The van der Waals surface area contributed by atoms with Crippen LogP contribution in [0.15, 0.2) is 0 Å². The van der Waals surface area contributed by atoms with Crippen molar-refractivity contribution in [3.8, 4) is 0 Å². The Kier molecular flexibility index (Phi) is 4.03. The Morgan fingerprint density at radius 2 is 1.83 bits per heavy atom. The van der Waals surface area contributed by atoms with Gasteiger partial charge in [-0.1, -0.05) is 34.6 Å². The molecule has 18 heavy (non-hydrogen) atoms. The molecule has 104 valence electrons. The number of fused-ring (bicyclic) bond motifs is 2. The standard InChI is InChI=1S/C16H28O2/c1-9(2)10(3)8-18-16(17)15-7-13-6-14(15)12(5)11(13)4/h9-15H,6-8H2,1-5H3. The highest BCUT2D eigenvalue weighted by Gasteiger charge is 2.51. The molecule has 0 saturated heterocycles. The number of esters is 1. The van der Waals surface area contributed by atoms with Crippen molar-refractivity contribution in [2.24, 2.45) is 41.4 Å². The first-order valence-corrected chi connectivity index (χ1v) is 7.58. The second-order valence-corrected chi connectivity index (χ2v) is 7.07. The Labute approximate surface area is 111 Å². The first-order chi connectivity index (χ1) is 8.41. The SMILES string of the molecule is CC(C)C(C)COC(=O)C1CC2CC1C(C)C2C. The Bertz CT molecular complexity index is 308. The van der Waals surface area contributed by atoms with Crippen molar-refractivity contribution in [1.29, 1.82) is 0 Å². The van der Waals surface area contributed by atoms with Gasteiger partial charge in [-0.3, -0.25) is 4.79 Å². The Balaban J connectivity index is 1.85. The van der Waals surface area contributed by atoms with Crippen LogP contribution in [0.3, 0.4) is 0 Å². The number of carbonyl (C=O) groups excluding carboxylic acids is 1. The van der Waals surface area contributed by atoms with Gasteiger partial charge in [0.2, 0.25) is 0 Å². The van der Waals surface area contributed by atoms with E-state index in [9.17, 15) is 4.79 Å². The molecule has 0 amide bonds. The van der Waals surface area contributed by atoms with E-state index in [0.29, 0.717) is 30.3 Å². The van der Waals surface area contributed by atoms with E-state index >= 15 is 0 Å². The van der Waals surface area contributed by atoms with Crippen molar-refractivity contribution >= 4 is 5.97 Å². The van der Waals surface area contributed by atoms with Gasteiger partial charge in [-0.2, -0.15) is 0 Å². The highest BCUT2D eigenvalue weighted by Crippen LogP contribution is 2.55. The van der Waals surface area contributed by atoms with Crippen LogP contribution in [0.5, 0.6) is 0 Å². The van der Waals surface area contributed by atoms with Gasteiger partial charge in [0.05, 0.1) is 12.5 Å². The van der Waals surface area contributed by atoms with Gasteiger partial charge in [-0.25, -0.2) is 0 Å². The Morgan fingerprint density at radius 1 is 1.17 bits per heavy atom. The van der Waals surface area contributed by atoms with Crippen LogP contribution in [-0.4, -0.2) is 12.6 Å². The van der Waals surface area contributed by atoms with Crippen molar-refractivity contribution < 1.29 is 9.53 Å². The second-order valence-electron chi connectivity index (χ2n) is 7.07. The molecule has 0 spiro atoms. The molecule has 2 rings (SSSR count). The summed E-state index contributed by atoms with van der Waals surface area (Å²) in [5.74, 6) is 4.17. The predicted molar refractivity (Wildman–Crippen MR) is 73.0 cm³/mol. The summed E-state index contributed by atoms with van der Waals surface area (Å²) < 4.78 is 5.55. The molecule has 0 aromatic carbocycles. The van der Waals surface area contributed by atoms with Crippen LogP contribution in [0.2, 0.25) is 0 Å². The van der Waals surface area contributed by atoms with Crippen LogP contribution in [0.25, 0.3) is 0 Å². The van der Waals surface area contributed by atoms with Gasteiger partial charge in [0.25, 0.3) is 0 Å². The van der Waals surface area contributed by atoms with Crippen LogP contribution >= 0.6 is 0 Å². The van der Waals surface area contributed by atoms with Crippen LogP contribution in [0.4, 0.5) is 0 Å². The molecule has 0 aromatic rings. The number of carbonyl (C=O) groups is 1. The molecule has 2 aliphatic carbocycles.